The van der Waals surface area contributed by atoms with Gasteiger partial charge in [-0.05, 0) is 30.6 Å². The van der Waals surface area contributed by atoms with Gasteiger partial charge in [0.15, 0.2) is 5.78 Å². The van der Waals surface area contributed by atoms with E-state index in [1.54, 1.807) is 0 Å². The van der Waals surface area contributed by atoms with Crippen LogP contribution in [0.1, 0.15) is 19.8 Å². The van der Waals surface area contributed by atoms with Crippen molar-refractivity contribution in [3.05, 3.63) is 11.8 Å². The zero-order valence-corrected chi connectivity index (χ0v) is 7.08. The first-order chi connectivity index (χ1) is 5.69. The van der Waals surface area contributed by atoms with E-state index in [0.717, 1.165) is 19.1 Å². The Balaban J connectivity index is 2.10. The number of aliphatic hydroxyl groups is 1. The van der Waals surface area contributed by atoms with Crippen LogP contribution in [-0.4, -0.2) is 10.9 Å². The molecule has 4 saturated carbocycles. The average molecular weight is 164 g/mol. The quantitative estimate of drug-likeness (QED) is 0.437. The number of carbonyl (C=O) groups is 1. The third kappa shape index (κ3) is 0.448. The molecule has 4 fully saturated rings. The van der Waals surface area contributed by atoms with Crippen LogP contribution >= 0.6 is 0 Å². The number of allylic oxidation sites excluding steroid dienone is 1. The van der Waals surface area contributed by atoms with Crippen molar-refractivity contribution in [1.29, 1.82) is 0 Å². The van der Waals surface area contributed by atoms with Gasteiger partial charge in [-0.2, -0.15) is 0 Å². The number of Topliss-reactive ketones (excluding diaryl/α,β-unsaturated/α-hetero) is 1. The van der Waals surface area contributed by atoms with Crippen molar-refractivity contribution >= 4 is 5.78 Å². The molecule has 0 aliphatic heterocycles. The second kappa shape index (κ2) is 1.61. The van der Waals surface area contributed by atoms with Gasteiger partial charge < -0.3 is 5.11 Å². The summed E-state index contributed by atoms with van der Waals surface area (Å²) in [6, 6.07) is 0. The van der Waals surface area contributed by atoms with Crippen LogP contribution in [0.4, 0.5) is 0 Å². The third-order valence-electron chi connectivity index (χ3n) is 4.32. The second-order valence-electron chi connectivity index (χ2n) is 4.58. The van der Waals surface area contributed by atoms with Gasteiger partial charge in [0.05, 0.1) is 6.26 Å². The highest BCUT2D eigenvalue weighted by atomic mass is 16.2. The smallest absolute Gasteiger partial charge is 0.168 e. The Hall–Kier alpha value is -0.790. The van der Waals surface area contributed by atoms with E-state index in [1.165, 1.54) is 0 Å². The number of aliphatic hydroxyl groups excluding tert-OH is 1. The molecule has 4 aliphatic rings. The number of carbonyl (C=O) groups excluding carboxylic acids is 1. The monoisotopic (exact) mass is 164 g/mol. The highest BCUT2D eigenvalue weighted by Crippen LogP contribution is 2.74. The molecule has 0 amide bonds. The molecule has 4 bridgehead atoms. The number of fused-ring (bicyclic) bond motifs is 1. The summed E-state index contributed by atoms with van der Waals surface area (Å²) in [6.45, 7) is 2.06. The van der Waals surface area contributed by atoms with Gasteiger partial charge in [-0.1, -0.05) is 6.92 Å². The fourth-order valence-corrected chi connectivity index (χ4v) is 3.48. The first kappa shape index (κ1) is 6.70. The highest BCUT2D eigenvalue weighted by molar-refractivity contribution is 6.04. The molecular formula is C10H12O2. The Morgan fingerprint density at radius 1 is 1.50 bits per heavy atom. The van der Waals surface area contributed by atoms with Gasteiger partial charge in [-0.3, -0.25) is 4.79 Å². The average Bonchev–Trinajstić information content (AvgIpc) is 2.45. The predicted octanol–water partition coefficient (Wildman–Crippen LogP) is 1.67. The normalized spacial score (nSPS) is 57.9. The fourth-order valence-electron chi connectivity index (χ4n) is 3.48. The molecule has 0 aromatic carbocycles. The van der Waals surface area contributed by atoms with Crippen LogP contribution in [0.3, 0.4) is 0 Å². The summed E-state index contributed by atoms with van der Waals surface area (Å²) < 4.78 is 0. The van der Waals surface area contributed by atoms with Gasteiger partial charge in [-0.25, -0.2) is 0 Å². The minimum atomic E-state index is -0.0662. The van der Waals surface area contributed by atoms with Crippen LogP contribution in [-0.2, 0) is 4.79 Å². The molecule has 2 heteroatoms. The van der Waals surface area contributed by atoms with Crippen molar-refractivity contribution < 1.29 is 9.90 Å². The lowest BCUT2D eigenvalue weighted by molar-refractivity contribution is -0.123. The molecule has 0 radical (unpaired) electrons. The van der Waals surface area contributed by atoms with E-state index in [4.69, 9.17) is 5.11 Å². The van der Waals surface area contributed by atoms with E-state index >= 15 is 0 Å². The van der Waals surface area contributed by atoms with Crippen molar-refractivity contribution in [1.82, 2.24) is 0 Å². The minimum absolute atomic E-state index is 0.0662. The van der Waals surface area contributed by atoms with Crippen LogP contribution in [0.2, 0.25) is 0 Å². The summed E-state index contributed by atoms with van der Waals surface area (Å²) in [7, 11) is 0. The summed E-state index contributed by atoms with van der Waals surface area (Å²) in [6.07, 6.45) is 3.32. The first-order valence-electron chi connectivity index (χ1n) is 4.58. The van der Waals surface area contributed by atoms with Crippen molar-refractivity contribution in [2.75, 3.05) is 0 Å². The number of hydrogen-bond donors (Lipinski definition) is 1. The van der Waals surface area contributed by atoms with Gasteiger partial charge in [0, 0.05) is 11.0 Å². The van der Waals surface area contributed by atoms with E-state index in [0.29, 0.717) is 23.3 Å². The van der Waals surface area contributed by atoms with Crippen LogP contribution in [0.5, 0.6) is 0 Å². The Bertz CT molecular complexity index is 291. The van der Waals surface area contributed by atoms with E-state index in [2.05, 4.69) is 6.92 Å². The first-order valence-corrected chi connectivity index (χ1v) is 4.58. The van der Waals surface area contributed by atoms with Crippen molar-refractivity contribution in [3.8, 4) is 0 Å². The Morgan fingerprint density at radius 3 is 2.58 bits per heavy atom. The molecule has 2 unspecified atom stereocenters. The lowest BCUT2D eigenvalue weighted by Gasteiger charge is -2.29. The van der Waals surface area contributed by atoms with Crippen LogP contribution < -0.4 is 0 Å². The lowest BCUT2D eigenvalue weighted by atomic mass is 9.73. The Morgan fingerprint density at radius 2 is 2.08 bits per heavy atom. The molecule has 4 aliphatic carbocycles. The molecule has 64 valence electrons. The number of rotatable bonds is 0. The summed E-state index contributed by atoms with van der Waals surface area (Å²) in [5, 5.41) is 8.92. The van der Waals surface area contributed by atoms with Gasteiger partial charge in [0.2, 0.25) is 0 Å². The molecule has 0 aromatic heterocycles. The molecule has 0 heterocycles. The topological polar surface area (TPSA) is 37.3 Å². The molecule has 0 saturated heterocycles. The van der Waals surface area contributed by atoms with Gasteiger partial charge in [-0.15, -0.1) is 0 Å². The maximum absolute atomic E-state index is 11.7. The highest BCUT2D eigenvalue weighted by Gasteiger charge is 2.73. The van der Waals surface area contributed by atoms with Gasteiger partial charge in [0.1, 0.15) is 0 Å². The van der Waals surface area contributed by atoms with Crippen LogP contribution in [0.25, 0.3) is 0 Å². The summed E-state index contributed by atoms with van der Waals surface area (Å²) in [4.78, 5) is 11.7. The molecular weight excluding hydrogens is 152 g/mol. The molecule has 0 spiro atoms. The molecule has 4 rings (SSSR count). The van der Waals surface area contributed by atoms with E-state index in [-0.39, 0.29) is 11.2 Å². The summed E-state index contributed by atoms with van der Waals surface area (Å²) in [5.41, 5.74) is 0.631. The standard InChI is InChI=1S/C10H12O2/c1-10-7-2-5(3-8(7)10)6(4-11)9(10)12/h4-5,7-8,11H,2-3H2,1H3/b6-4-. The predicted molar refractivity (Wildman–Crippen MR) is 43.5 cm³/mol. The lowest BCUT2D eigenvalue weighted by Crippen LogP contribution is -2.31. The van der Waals surface area contributed by atoms with Crippen LogP contribution in [0, 0.1) is 23.2 Å². The van der Waals surface area contributed by atoms with E-state index in [9.17, 15) is 4.79 Å². The van der Waals surface area contributed by atoms with Crippen molar-refractivity contribution in [2.45, 2.75) is 19.8 Å². The largest absolute Gasteiger partial charge is 0.515 e. The zero-order chi connectivity index (χ0) is 8.51. The second-order valence-corrected chi connectivity index (χ2v) is 4.58. The zero-order valence-electron chi connectivity index (χ0n) is 7.08. The molecule has 0 aromatic rings. The molecule has 1 N–H and O–H groups in total. The molecule has 12 heavy (non-hydrogen) atoms. The van der Waals surface area contributed by atoms with E-state index in [1.807, 2.05) is 0 Å². The number of hydrogen-bond acceptors (Lipinski definition) is 2. The Labute approximate surface area is 71.3 Å². The molecule has 2 atom stereocenters. The minimum Gasteiger partial charge on any atom is -0.515 e. The fraction of sp³-hybridized carbons (Fsp3) is 0.700. The Kier molecular flexibility index (Phi) is 0.897. The number of ketones is 1. The van der Waals surface area contributed by atoms with Gasteiger partial charge >= 0.3 is 0 Å². The molecule has 2 nitrogen and oxygen atoms in total. The summed E-state index contributed by atoms with van der Waals surface area (Å²) in [5.74, 6) is 1.92. The van der Waals surface area contributed by atoms with Crippen LogP contribution in [0.15, 0.2) is 11.8 Å². The third-order valence-corrected chi connectivity index (χ3v) is 4.32. The SMILES string of the molecule is CC12C(=O)/C(=C\O)C3CC1C2C3. The van der Waals surface area contributed by atoms with Gasteiger partial charge in [0.25, 0.3) is 0 Å². The maximum Gasteiger partial charge on any atom is 0.168 e. The summed E-state index contributed by atoms with van der Waals surface area (Å²) >= 11 is 0. The van der Waals surface area contributed by atoms with Crippen molar-refractivity contribution in [3.63, 3.8) is 0 Å². The van der Waals surface area contributed by atoms with E-state index < -0.39 is 0 Å². The maximum atomic E-state index is 11.7. The van der Waals surface area contributed by atoms with Crippen molar-refractivity contribution in [2.24, 2.45) is 23.2 Å².